The Morgan fingerprint density at radius 1 is 1.53 bits per heavy atom. The second-order valence-electron chi connectivity index (χ2n) is 3.28. The topological polar surface area (TPSA) is 70.8 Å². The Morgan fingerprint density at radius 3 is 2.80 bits per heavy atom. The minimum absolute atomic E-state index is 0.182. The van der Waals surface area contributed by atoms with E-state index in [0.717, 1.165) is 5.56 Å². The number of likely N-dealkylation sites (N-methyl/N-ethyl adjacent to an activating group) is 1. The van der Waals surface area contributed by atoms with Crippen LogP contribution in [0.15, 0.2) is 23.0 Å². The van der Waals surface area contributed by atoms with Gasteiger partial charge in [-0.25, -0.2) is 0 Å². The van der Waals surface area contributed by atoms with Gasteiger partial charge in [0.1, 0.15) is 6.54 Å². The van der Waals surface area contributed by atoms with Gasteiger partial charge in [-0.1, -0.05) is 0 Å². The van der Waals surface area contributed by atoms with Gasteiger partial charge in [0.2, 0.25) is 5.91 Å². The van der Waals surface area contributed by atoms with Gasteiger partial charge >= 0.3 is 5.97 Å². The maximum Gasteiger partial charge on any atom is 0.323 e. The van der Waals surface area contributed by atoms with E-state index in [1.54, 1.807) is 18.6 Å². The Balaban J connectivity index is 2.32. The molecule has 0 saturated heterocycles. The smallest absolute Gasteiger partial charge is 0.323 e. The third kappa shape index (κ3) is 3.84. The average Bonchev–Trinajstić information content (AvgIpc) is 2.65. The first-order valence-corrected chi connectivity index (χ1v) is 4.56. The number of nitrogens with zero attached hydrogens (tertiary/aromatic N) is 1. The van der Waals surface area contributed by atoms with Crippen molar-refractivity contribution in [2.75, 3.05) is 13.6 Å². The van der Waals surface area contributed by atoms with Crippen molar-refractivity contribution < 1.29 is 19.1 Å². The highest BCUT2D eigenvalue weighted by molar-refractivity contribution is 5.81. The molecule has 0 radical (unpaired) electrons. The molecule has 0 aliphatic heterocycles. The Bertz CT molecular complexity index is 331. The van der Waals surface area contributed by atoms with E-state index in [1.807, 2.05) is 0 Å². The molecule has 0 aromatic carbocycles. The lowest BCUT2D eigenvalue weighted by atomic mass is 10.2. The highest BCUT2D eigenvalue weighted by Crippen LogP contribution is 2.04. The van der Waals surface area contributed by atoms with Crippen LogP contribution in [0.4, 0.5) is 0 Å². The number of carbonyl (C=O) groups excluding carboxylic acids is 1. The molecule has 0 aliphatic carbocycles. The molecule has 1 heterocycles. The number of rotatable bonds is 5. The van der Waals surface area contributed by atoms with Crippen molar-refractivity contribution in [3.63, 3.8) is 0 Å². The molecular weight excluding hydrogens is 198 g/mol. The minimum Gasteiger partial charge on any atom is -0.480 e. The molecule has 5 heteroatoms. The fourth-order valence-electron chi connectivity index (χ4n) is 1.17. The highest BCUT2D eigenvalue weighted by atomic mass is 16.4. The Kier molecular flexibility index (Phi) is 3.91. The van der Waals surface area contributed by atoms with Gasteiger partial charge in [-0.2, -0.15) is 0 Å². The summed E-state index contributed by atoms with van der Waals surface area (Å²) in [6.45, 7) is -0.260. The van der Waals surface area contributed by atoms with Crippen molar-refractivity contribution in [2.24, 2.45) is 0 Å². The van der Waals surface area contributed by atoms with Gasteiger partial charge in [-0.05, 0) is 18.1 Å². The molecular formula is C10H13NO4. The van der Waals surface area contributed by atoms with E-state index in [0.29, 0.717) is 12.8 Å². The minimum atomic E-state index is -1.01. The fraction of sp³-hybridized carbons (Fsp3) is 0.400. The third-order valence-corrected chi connectivity index (χ3v) is 2.01. The first kappa shape index (κ1) is 11.3. The zero-order valence-electron chi connectivity index (χ0n) is 8.47. The second kappa shape index (κ2) is 5.19. The Morgan fingerprint density at radius 2 is 2.27 bits per heavy atom. The first-order chi connectivity index (χ1) is 7.09. The van der Waals surface area contributed by atoms with Crippen LogP contribution in [0.25, 0.3) is 0 Å². The summed E-state index contributed by atoms with van der Waals surface area (Å²) in [6, 6.07) is 1.78. The maximum atomic E-state index is 11.4. The van der Waals surface area contributed by atoms with Gasteiger partial charge in [-0.3, -0.25) is 9.59 Å². The summed E-state index contributed by atoms with van der Waals surface area (Å²) in [4.78, 5) is 22.9. The highest BCUT2D eigenvalue weighted by Gasteiger charge is 2.11. The summed E-state index contributed by atoms with van der Waals surface area (Å²) in [5.41, 5.74) is 0.937. The monoisotopic (exact) mass is 211 g/mol. The normalized spacial score (nSPS) is 9.93. The molecule has 1 aromatic heterocycles. The quantitative estimate of drug-likeness (QED) is 0.780. The SMILES string of the molecule is CN(CC(=O)O)C(=O)CCc1ccoc1. The van der Waals surface area contributed by atoms with Gasteiger partial charge in [0.15, 0.2) is 0 Å². The molecule has 0 bridgehead atoms. The largest absolute Gasteiger partial charge is 0.480 e. The van der Waals surface area contributed by atoms with Crippen molar-refractivity contribution in [3.05, 3.63) is 24.2 Å². The van der Waals surface area contributed by atoms with Crippen LogP contribution < -0.4 is 0 Å². The van der Waals surface area contributed by atoms with E-state index in [-0.39, 0.29) is 12.5 Å². The summed E-state index contributed by atoms with van der Waals surface area (Å²) in [6.07, 6.45) is 3.98. The van der Waals surface area contributed by atoms with Crippen LogP contribution in [0.5, 0.6) is 0 Å². The number of aryl methyl sites for hydroxylation is 1. The Labute approximate surface area is 87.3 Å². The van der Waals surface area contributed by atoms with Gasteiger partial charge in [0, 0.05) is 13.5 Å². The van der Waals surface area contributed by atoms with Crippen molar-refractivity contribution in [1.29, 1.82) is 0 Å². The number of amides is 1. The number of carboxylic acid groups (broad SMARTS) is 1. The van der Waals surface area contributed by atoms with Gasteiger partial charge < -0.3 is 14.4 Å². The van der Waals surface area contributed by atoms with Crippen LogP contribution in [0, 0.1) is 0 Å². The van der Waals surface area contributed by atoms with E-state index >= 15 is 0 Å². The molecule has 1 N–H and O–H groups in total. The zero-order chi connectivity index (χ0) is 11.3. The van der Waals surface area contributed by atoms with E-state index in [9.17, 15) is 9.59 Å². The second-order valence-corrected chi connectivity index (χ2v) is 3.28. The fourth-order valence-corrected chi connectivity index (χ4v) is 1.17. The maximum absolute atomic E-state index is 11.4. The first-order valence-electron chi connectivity index (χ1n) is 4.56. The van der Waals surface area contributed by atoms with E-state index < -0.39 is 5.97 Å². The van der Waals surface area contributed by atoms with Crippen LogP contribution in [0.2, 0.25) is 0 Å². The van der Waals surface area contributed by atoms with Gasteiger partial charge in [0.25, 0.3) is 0 Å². The molecule has 0 atom stereocenters. The van der Waals surface area contributed by atoms with Crippen molar-refractivity contribution in [1.82, 2.24) is 4.90 Å². The molecule has 1 amide bonds. The lowest BCUT2D eigenvalue weighted by molar-refractivity contribution is -0.143. The number of hydrogen-bond donors (Lipinski definition) is 1. The van der Waals surface area contributed by atoms with E-state index in [1.165, 1.54) is 11.9 Å². The molecule has 0 saturated carbocycles. The molecule has 82 valence electrons. The molecule has 0 fully saturated rings. The number of aliphatic carboxylic acids is 1. The molecule has 0 aliphatic rings. The molecule has 5 nitrogen and oxygen atoms in total. The summed E-state index contributed by atoms with van der Waals surface area (Å²) >= 11 is 0. The molecule has 0 unspecified atom stereocenters. The predicted molar refractivity (Wildman–Crippen MR) is 52.3 cm³/mol. The molecule has 1 aromatic rings. The lowest BCUT2D eigenvalue weighted by Crippen LogP contribution is -2.31. The van der Waals surface area contributed by atoms with Crippen LogP contribution in [0.1, 0.15) is 12.0 Å². The number of furan rings is 1. The van der Waals surface area contributed by atoms with Crippen molar-refractivity contribution in [2.45, 2.75) is 12.8 Å². The van der Waals surface area contributed by atoms with Crippen LogP contribution in [0.3, 0.4) is 0 Å². The number of carbonyl (C=O) groups is 2. The van der Waals surface area contributed by atoms with Gasteiger partial charge in [-0.15, -0.1) is 0 Å². The van der Waals surface area contributed by atoms with Gasteiger partial charge in [0.05, 0.1) is 12.5 Å². The average molecular weight is 211 g/mol. The number of hydrogen-bond acceptors (Lipinski definition) is 3. The summed E-state index contributed by atoms with van der Waals surface area (Å²) in [5.74, 6) is -1.19. The Hall–Kier alpha value is -1.78. The van der Waals surface area contributed by atoms with Crippen molar-refractivity contribution in [3.8, 4) is 0 Å². The molecule has 15 heavy (non-hydrogen) atoms. The zero-order valence-corrected chi connectivity index (χ0v) is 8.47. The van der Waals surface area contributed by atoms with Crippen LogP contribution >= 0.6 is 0 Å². The summed E-state index contributed by atoms with van der Waals surface area (Å²) < 4.78 is 4.85. The molecule has 0 spiro atoms. The van der Waals surface area contributed by atoms with E-state index in [4.69, 9.17) is 9.52 Å². The number of carboxylic acids is 1. The standard InChI is InChI=1S/C10H13NO4/c1-11(6-10(13)14)9(12)3-2-8-4-5-15-7-8/h4-5,7H,2-3,6H2,1H3,(H,13,14). The van der Waals surface area contributed by atoms with Crippen LogP contribution in [-0.4, -0.2) is 35.5 Å². The summed E-state index contributed by atoms with van der Waals surface area (Å²) in [5, 5.41) is 8.48. The van der Waals surface area contributed by atoms with E-state index in [2.05, 4.69) is 0 Å². The molecule has 1 rings (SSSR count). The van der Waals surface area contributed by atoms with Crippen molar-refractivity contribution >= 4 is 11.9 Å². The lowest BCUT2D eigenvalue weighted by Gasteiger charge is -2.13. The predicted octanol–water partition coefficient (Wildman–Crippen LogP) is 0.755. The van der Waals surface area contributed by atoms with Crippen LogP contribution in [-0.2, 0) is 16.0 Å². The third-order valence-electron chi connectivity index (χ3n) is 2.01. The summed E-state index contributed by atoms with van der Waals surface area (Å²) in [7, 11) is 1.48.